The average molecular weight is 396 g/mol. The topological polar surface area (TPSA) is 46.1 Å². The molecule has 4 rings (SSSR count). The summed E-state index contributed by atoms with van der Waals surface area (Å²) in [6.45, 7) is 0.820. The number of halogens is 1. The first-order chi connectivity index (χ1) is 13.2. The van der Waals surface area contributed by atoms with Crippen LogP contribution in [0.25, 0.3) is 11.3 Å². The zero-order chi connectivity index (χ0) is 18.6. The number of nitrogens with zero attached hydrogens (tertiary/aromatic N) is 3. The highest BCUT2D eigenvalue weighted by atomic mass is 35.5. The van der Waals surface area contributed by atoms with Gasteiger partial charge in [-0.1, -0.05) is 53.7 Å². The molecule has 0 aliphatic carbocycles. The Hall–Kier alpha value is -2.37. The maximum atomic E-state index is 11.8. The van der Waals surface area contributed by atoms with Crippen molar-refractivity contribution in [2.75, 3.05) is 11.4 Å². The summed E-state index contributed by atoms with van der Waals surface area (Å²) >= 11 is 7.84. The predicted octanol–water partition coefficient (Wildman–Crippen LogP) is 5.22. The lowest BCUT2D eigenvalue weighted by Crippen LogP contribution is -2.23. The van der Waals surface area contributed by atoms with E-state index in [0.717, 1.165) is 40.7 Å². The maximum absolute atomic E-state index is 11.8. The molecule has 0 saturated carbocycles. The second kappa shape index (κ2) is 8.11. The van der Waals surface area contributed by atoms with Gasteiger partial charge < -0.3 is 4.90 Å². The molecule has 6 heteroatoms. The molecule has 0 radical (unpaired) electrons. The van der Waals surface area contributed by atoms with Gasteiger partial charge in [0.25, 0.3) is 0 Å². The Morgan fingerprint density at radius 2 is 1.81 bits per heavy atom. The highest BCUT2D eigenvalue weighted by Gasteiger charge is 2.21. The highest BCUT2D eigenvalue weighted by molar-refractivity contribution is 7.98. The summed E-state index contributed by atoms with van der Waals surface area (Å²) < 4.78 is 0. The van der Waals surface area contributed by atoms with E-state index in [1.54, 1.807) is 11.8 Å². The number of carbonyl (C=O) groups is 1. The number of benzene rings is 2. The van der Waals surface area contributed by atoms with E-state index >= 15 is 0 Å². The second-order valence-electron chi connectivity index (χ2n) is 6.34. The van der Waals surface area contributed by atoms with Crippen LogP contribution in [0.2, 0.25) is 5.02 Å². The number of anilines is 1. The first-order valence-corrected chi connectivity index (χ1v) is 10.2. The van der Waals surface area contributed by atoms with E-state index in [4.69, 9.17) is 11.6 Å². The van der Waals surface area contributed by atoms with Gasteiger partial charge in [-0.05, 0) is 42.3 Å². The van der Waals surface area contributed by atoms with E-state index in [1.807, 2.05) is 53.4 Å². The smallest absolute Gasteiger partial charge is 0.227 e. The van der Waals surface area contributed by atoms with Gasteiger partial charge in [0, 0.05) is 30.0 Å². The molecule has 2 heterocycles. The van der Waals surface area contributed by atoms with Crippen molar-refractivity contribution in [3.8, 4) is 11.3 Å². The zero-order valence-electron chi connectivity index (χ0n) is 14.6. The van der Waals surface area contributed by atoms with Gasteiger partial charge in [0.15, 0.2) is 0 Å². The number of aromatic nitrogens is 2. The lowest BCUT2D eigenvalue weighted by Gasteiger charge is -2.15. The first kappa shape index (κ1) is 18.0. The van der Waals surface area contributed by atoms with Crippen molar-refractivity contribution in [3.63, 3.8) is 0 Å². The SMILES string of the molecule is O=C1CCCN1c1ccc(CSc2ccc(-c3ccccc3Cl)nn2)cc1. The van der Waals surface area contributed by atoms with E-state index < -0.39 is 0 Å². The van der Waals surface area contributed by atoms with E-state index in [-0.39, 0.29) is 5.91 Å². The van der Waals surface area contributed by atoms with Crippen molar-refractivity contribution >= 4 is 35.0 Å². The van der Waals surface area contributed by atoms with Gasteiger partial charge in [-0.3, -0.25) is 4.79 Å². The Balaban J connectivity index is 1.39. The fourth-order valence-corrected chi connectivity index (χ4v) is 4.06. The molecule has 1 aliphatic heterocycles. The van der Waals surface area contributed by atoms with Crippen LogP contribution in [0.3, 0.4) is 0 Å². The molecule has 0 atom stereocenters. The van der Waals surface area contributed by atoms with Crippen molar-refractivity contribution in [1.82, 2.24) is 10.2 Å². The molecule has 4 nitrogen and oxygen atoms in total. The lowest BCUT2D eigenvalue weighted by atomic mass is 10.1. The van der Waals surface area contributed by atoms with Crippen molar-refractivity contribution in [2.24, 2.45) is 0 Å². The third kappa shape index (κ3) is 4.15. The number of thioether (sulfide) groups is 1. The molecular formula is C21H18ClN3OS. The molecule has 1 aliphatic rings. The number of hydrogen-bond acceptors (Lipinski definition) is 4. The fourth-order valence-electron chi connectivity index (χ4n) is 3.06. The van der Waals surface area contributed by atoms with Crippen molar-refractivity contribution in [3.05, 3.63) is 71.2 Å². The number of carbonyl (C=O) groups excluding carboxylic acids is 1. The van der Waals surface area contributed by atoms with Gasteiger partial charge in [-0.15, -0.1) is 10.2 Å². The van der Waals surface area contributed by atoms with Crippen LogP contribution in [0.1, 0.15) is 18.4 Å². The maximum Gasteiger partial charge on any atom is 0.227 e. The Morgan fingerprint density at radius 3 is 2.48 bits per heavy atom. The van der Waals surface area contributed by atoms with Crippen molar-refractivity contribution in [1.29, 1.82) is 0 Å². The first-order valence-electron chi connectivity index (χ1n) is 8.81. The molecule has 0 spiro atoms. The Labute approximate surface area is 167 Å². The largest absolute Gasteiger partial charge is 0.312 e. The fraction of sp³-hybridized carbons (Fsp3) is 0.190. The Morgan fingerprint density at radius 1 is 1.00 bits per heavy atom. The molecular weight excluding hydrogens is 378 g/mol. The van der Waals surface area contributed by atoms with E-state index in [2.05, 4.69) is 22.3 Å². The Kier molecular flexibility index (Phi) is 5.41. The quantitative estimate of drug-likeness (QED) is 0.556. The number of amides is 1. The van der Waals surface area contributed by atoms with Crippen LogP contribution >= 0.6 is 23.4 Å². The molecule has 0 N–H and O–H groups in total. The third-order valence-corrected chi connectivity index (χ3v) is 5.82. The average Bonchev–Trinajstić information content (AvgIpc) is 3.14. The molecule has 3 aromatic rings. The van der Waals surface area contributed by atoms with Gasteiger partial charge in [-0.2, -0.15) is 0 Å². The number of hydrogen-bond donors (Lipinski definition) is 0. The summed E-state index contributed by atoms with van der Waals surface area (Å²) in [6, 6.07) is 19.7. The normalized spacial score (nSPS) is 14.0. The summed E-state index contributed by atoms with van der Waals surface area (Å²) in [5.41, 5.74) is 3.82. The molecule has 1 saturated heterocycles. The number of rotatable bonds is 5. The van der Waals surface area contributed by atoms with Gasteiger partial charge in [0.2, 0.25) is 5.91 Å². The summed E-state index contributed by atoms with van der Waals surface area (Å²) in [4.78, 5) is 13.7. The van der Waals surface area contributed by atoms with E-state index in [9.17, 15) is 4.79 Å². The van der Waals surface area contributed by atoms with Crippen LogP contribution in [-0.4, -0.2) is 22.6 Å². The third-order valence-electron chi connectivity index (χ3n) is 4.50. The van der Waals surface area contributed by atoms with Crippen LogP contribution < -0.4 is 4.90 Å². The molecule has 2 aromatic carbocycles. The van der Waals surface area contributed by atoms with Crippen LogP contribution in [0.15, 0.2) is 65.7 Å². The molecule has 27 heavy (non-hydrogen) atoms. The summed E-state index contributed by atoms with van der Waals surface area (Å²) in [5, 5.41) is 10.1. The van der Waals surface area contributed by atoms with Gasteiger partial charge in [0.05, 0.1) is 10.7 Å². The van der Waals surface area contributed by atoms with E-state index in [0.29, 0.717) is 11.4 Å². The van der Waals surface area contributed by atoms with Gasteiger partial charge in [0.1, 0.15) is 5.03 Å². The standard InChI is InChI=1S/C21H18ClN3OS/c22-18-5-2-1-4-17(18)19-11-12-20(24-23-19)27-14-15-7-9-16(10-8-15)25-13-3-6-21(25)26/h1-2,4-5,7-12H,3,6,13-14H2. The Bertz CT molecular complexity index is 944. The van der Waals surface area contributed by atoms with Crippen LogP contribution in [0.5, 0.6) is 0 Å². The van der Waals surface area contributed by atoms with Crippen LogP contribution in [0.4, 0.5) is 5.69 Å². The monoisotopic (exact) mass is 395 g/mol. The lowest BCUT2D eigenvalue weighted by molar-refractivity contribution is -0.117. The zero-order valence-corrected chi connectivity index (χ0v) is 16.2. The van der Waals surface area contributed by atoms with Crippen molar-refractivity contribution < 1.29 is 4.79 Å². The van der Waals surface area contributed by atoms with Crippen LogP contribution in [0, 0.1) is 0 Å². The minimum atomic E-state index is 0.214. The molecule has 0 unspecified atom stereocenters. The van der Waals surface area contributed by atoms with Crippen molar-refractivity contribution in [2.45, 2.75) is 23.6 Å². The summed E-state index contributed by atoms with van der Waals surface area (Å²) in [6.07, 6.45) is 1.60. The van der Waals surface area contributed by atoms with Crippen LogP contribution in [-0.2, 0) is 10.5 Å². The molecule has 0 bridgehead atoms. The molecule has 1 amide bonds. The molecule has 136 valence electrons. The van der Waals surface area contributed by atoms with Gasteiger partial charge in [-0.25, -0.2) is 0 Å². The highest BCUT2D eigenvalue weighted by Crippen LogP contribution is 2.28. The van der Waals surface area contributed by atoms with Gasteiger partial charge >= 0.3 is 0 Å². The minimum Gasteiger partial charge on any atom is -0.312 e. The predicted molar refractivity (Wildman–Crippen MR) is 110 cm³/mol. The molecule has 1 aromatic heterocycles. The minimum absolute atomic E-state index is 0.214. The summed E-state index contributed by atoms with van der Waals surface area (Å²) in [7, 11) is 0. The summed E-state index contributed by atoms with van der Waals surface area (Å²) in [5.74, 6) is 1.01. The molecule has 1 fully saturated rings. The second-order valence-corrected chi connectivity index (χ2v) is 7.74. The van der Waals surface area contributed by atoms with E-state index in [1.165, 1.54) is 5.56 Å².